The first-order chi connectivity index (χ1) is 7.31. The molecule has 1 heteroatoms. The quantitative estimate of drug-likeness (QED) is 0.396. The van der Waals surface area contributed by atoms with Crippen LogP contribution in [0.15, 0.2) is 12.7 Å². The molecule has 0 amide bonds. The maximum Gasteiger partial charge on any atom is 0.0718 e. The van der Waals surface area contributed by atoms with E-state index >= 15 is 0 Å². The fourth-order valence-electron chi connectivity index (χ4n) is 1.78. The Hall–Kier alpha value is -0.300. The van der Waals surface area contributed by atoms with E-state index < -0.39 is 0 Å². The highest BCUT2D eigenvalue weighted by Crippen LogP contribution is 2.11. The van der Waals surface area contributed by atoms with E-state index in [0.29, 0.717) is 0 Å². The second kappa shape index (κ2) is 11.8. The van der Waals surface area contributed by atoms with Crippen LogP contribution in [0.1, 0.15) is 71.1 Å². The van der Waals surface area contributed by atoms with Crippen molar-refractivity contribution in [1.82, 2.24) is 0 Å². The van der Waals surface area contributed by atoms with E-state index in [9.17, 15) is 5.11 Å². The van der Waals surface area contributed by atoms with Crippen LogP contribution in [0.4, 0.5) is 0 Å². The summed E-state index contributed by atoms with van der Waals surface area (Å²) in [4.78, 5) is 0. The molecule has 90 valence electrons. The Morgan fingerprint density at radius 2 is 1.40 bits per heavy atom. The van der Waals surface area contributed by atoms with Crippen LogP contribution in [0.25, 0.3) is 0 Å². The zero-order valence-corrected chi connectivity index (χ0v) is 10.4. The van der Waals surface area contributed by atoms with Crippen LogP contribution < -0.4 is 0 Å². The molecule has 0 aliphatic carbocycles. The lowest BCUT2D eigenvalue weighted by Gasteiger charge is -2.04. The van der Waals surface area contributed by atoms with E-state index in [2.05, 4.69) is 13.5 Å². The molecule has 0 aromatic rings. The Kier molecular flexibility index (Phi) is 11.5. The molecule has 1 atom stereocenters. The number of hydrogen-bond acceptors (Lipinski definition) is 1. The van der Waals surface area contributed by atoms with Gasteiger partial charge in [-0.1, -0.05) is 70.8 Å². The third-order valence-corrected chi connectivity index (χ3v) is 2.88. The van der Waals surface area contributed by atoms with Gasteiger partial charge in [-0.3, -0.25) is 0 Å². The van der Waals surface area contributed by atoms with Gasteiger partial charge in [0.2, 0.25) is 0 Å². The average Bonchev–Trinajstić information content (AvgIpc) is 2.26. The number of unbranched alkanes of at least 4 members (excludes halogenated alkanes) is 8. The summed E-state index contributed by atoms with van der Waals surface area (Å²) < 4.78 is 0. The minimum atomic E-state index is -0.283. The largest absolute Gasteiger partial charge is 0.389 e. The van der Waals surface area contributed by atoms with Gasteiger partial charge < -0.3 is 5.11 Å². The summed E-state index contributed by atoms with van der Waals surface area (Å²) in [5, 5.41) is 9.24. The van der Waals surface area contributed by atoms with Crippen molar-refractivity contribution in [2.24, 2.45) is 0 Å². The number of aliphatic hydroxyl groups is 1. The Morgan fingerprint density at radius 3 is 1.87 bits per heavy atom. The van der Waals surface area contributed by atoms with Crippen molar-refractivity contribution in [2.75, 3.05) is 0 Å². The van der Waals surface area contributed by atoms with E-state index in [4.69, 9.17) is 0 Å². The Bertz CT molecular complexity index is 131. The molecule has 0 fully saturated rings. The first-order valence-electron chi connectivity index (χ1n) is 6.62. The van der Waals surface area contributed by atoms with Crippen LogP contribution in [-0.4, -0.2) is 11.2 Å². The van der Waals surface area contributed by atoms with Gasteiger partial charge in [0.15, 0.2) is 0 Å². The average molecular weight is 212 g/mol. The van der Waals surface area contributed by atoms with Crippen molar-refractivity contribution in [3.8, 4) is 0 Å². The summed E-state index contributed by atoms with van der Waals surface area (Å²) in [6.07, 6.45) is 14.3. The second-order valence-corrected chi connectivity index (χ2v) is 4.42. The summed E-state index contributed by atoms with van der Waals surface area (Å²) >= 11 is 0. The van der Waals surface area contributed by atoms with Crippen LogP contribution in [0.2, 0.25) is 0 Å². The molecule has 1 N–H and O–H groups in total. The van der Waals surface area contributed by atoms with E-state index in [1.54, 1.807) is 6.08 Å². The molecule has 0 spiro atoms. The molecule has 0 heterocycles. The summed E-state index contributed by atoms with van der Waals surface area (Å²) in [5.74, 6) is 0. The van der Waals surface area contributed by atoms with Crippen molar-refractivity contribution in [3.63, 3.8) is 0 Å². The lowest BCUT2D eigenvalue weighted by Crippen LogP contribution is -2.00. The monoisotopic (exact) mass is 212 g/mol. The molecule has 0 saturated carbocycles. The van der Waals surface area contributed by atoms with Crippen LogP contribution in [-0.2, 0) is 0 Å². The number of aliphatic hydroxyl groups excluding tert-OH is 1. The Labute approximate surface area is 95.6 Å². The minimum Gasteiger partial charge on any atom is -0.389 e. The highest BCUT2D eigenvalue weighted by molar-refractivity contribution is 4.77. The standard InChI is InChI=1S/C14H28O/c1-3-5-6-7-8-9-10-11-12-13-14(15)4-2/h4,14-15H,2-3,5-13H2,1H3/t14-/m1/s1. The van der Waals surface area contributed by atoms with Crippen molar-refractivity contribution in [1.29, 1.82) is 0 Å². The topological polar surface area (TPSA) is 20.2 Å². The molecule has 0 saturated heterocycles. The SMILES string of the molecule is C=C[C@@H](O)CCCCCCCCCCC. The molecule has 0 rings (SSSR count). The van der Waals surface area contributed by atoms with E-state index in [0.717, 1.165) is 12.8 Å². The molecule has 0 aromatic heterocycles. The van der Waals surface area contributed by atoms with Gasteiger partial charge in [0.25, 0.3) is 0 Å². The molecule has 15 heavy (non-hydrogen) atoms. The van der Waals surface area contributed by atoms with Crippen molar-refractivity contribution >= 4 is 0 Å². The molecular formula is C14H28O. The van der Waals surface area contributed by atoms with Gasteiger partial charge in [0, 0.05) is 0 Å². The van der Waals surface area contributed by atoms with E-state index in [-0.39, 0.29) is 6.10 Å². The van der Waals surface area contributed by atoms with E-state index in [1.807, 2.05) is 0 Å². The third kappa shape index (κ3) is 11.6. The number of hydrogen-bond donors (Lipinski definition) is 1. The second-order valence-electron chi connectivity index (χ2n) is 4.42. The third-order valence-electron chi connectivity index (χ3n) is 2.88. The molecule has 0 radical (unpaired) electrons. The zero-order valence-electron chi connectivity index (χ0n) is 10.4. The Morgan fingerprint density at radius 1 is 0.933 bits per heavy atom. The van der Waals surface area contributed by atoms with Gasteiger partial charge in [-0.05, 0) is 6.42 Å². The normalized spacial score (nSPS) is 12.7. The van der Waals surface area contributed by atoms with E-state index in [1.165, 1.54) is 51.4 Å². The first-order valence-corrected chi connectivity index (χ1v) is 6.62. The molecular weight excluding hydrogens is 184 g/mol. The molecule has 0 aliphatic heterocycles. The molecule has 0 unspecified atom stereocenters. The highest BCUT2D eigenvalue weighted by Gasteiger charge is 1.97. The van der Waals surface area contributed by atoms with Gasteiger partial charge in [0.1, 0.15) is 0 Å². The maximum atomic E-state index is 9.24. The lowest BCUT2D eigenvalue weighted by atomic mass is 10.1. The predicted molar refractivity (Wildman–Crippen MR) is 68.0 cm³/mol. The fraction of sp³-hybridized carbons (Fsp3) is 0.857. The van der Waals surface area contributed by atoms with Crippen LogP contribution in [0, 0.1) is 0 Å². The summed E-state index contributed by atoms with van der Waals surface area (Å²) in [7, 11) is 0. The maximum absolute atomic E-state index is 9.24. The summed E-state index contributed by atoms with van der Waals surface area (Å²) in [6, 6.07) is 0. The van der Waals surface area contributed by atoms with Crippen molar-refractivity contribution < 1.29 is 5.11 Å². The molecule has 0 aliphatic rings. The van der Waals surface area contributed by atoms with Gasteiger partial charge in [0.05, 0.1) is 6.10 Å². The van der Waals surface area contributed by atoms with Gasteiger partial charge in [-0.2, -0.15) is 0 Å². The highest BCUT2D eigenvalue weighted by atomic mass is 16.3. The van der Waals surface area contributed by atoms with Gasteiger partial charge in [-0.25, -0.2) is 0 Å². The van der Waals surface area contributed by atoms with Gasteiger partial charge in [-0.15, -0.1) is 6.58 Å². The van der Waals surface area contributed by atoms with Crippen LogP contribution in [0.3, 0.4) is 0 Å². The summed E-state index contributed by atoms with van der Waals surface area (Å²) in [5.41, 5.74) is 0. The number of rotatable bonds is 11. The van der Waals surface area contributed by atoms with Crippen LogP contribution >= 0.6 is 0 Å². The molecule has 1 nitrogen and oxygen atoms in total. The van der Waals surface area contributed by atoms with Crippen LogP contribution in [0.5, 0.6) is 0 Å². The lowest BCUT2D eigenvalue weighted by molar-refractivity contribution is 0.208. The van der Waals surface area contributed by atoms with Gasteiger partial charge >= 0.3 is 0 Å². The minimum absolute atomic E-state index is 0.283. The van der Waals surface area contributed by atoms with Crippen molar-refractivity contribution in [3.05, 3.63) is 12.7 Å². The first kappa shape index (κ1) is 14.7. The zero-order chi connectivity index (χ0) is 11.4. The smallest absolute Gasteiger partial charge is 0.0718 e. The molecule has 0 bridgehead atoms. The summed E-state index contributed by atoms with van der Waals surface area (Å²) in [6.45, 7) is 5.82. The van der Waals surface area contributed by atoms with Crippen molar-refractivity contribution in [2.45, 2.75) is 77.2 Å². The predicted octanol–water partition coefficient (Wildman–Crippen LogP) is 4.45. The molecule has 0 aromatic carbocycles. The fourth-order valence-corrected chi connectivity index (χ4v) is 1.78. The Balaban J connectivity index is 2.95.